The van der Waals surface area contributed by atoms with E-state index in [-0.39, 0.29) is 5.91 Å². The summed E-state index contributed by atoms with van der Waals surface area (Å²) in [4.78, 5) is 26.6. The third-order valence-electron chi connectivity index (χ3n) is 4.80. The van der Waals surface area contributed by atoms with Gasteiger partial charge in [0.25, 0.3) is 11.8 Å². The van der Waals surface area contributed by atoms with Gasteiger partial charge in [-0.3, -0.25) is 15.0 Å². The van der Waals surface area contributed by atoms with Gasteiger partial charge in [0.15, 0.2) is 0 Å². The van der Waals surface area contributed by atoms with Gasteiger partial charge in [0.2, 0.25) is 0 Å². The molecule has 0 fully saturated rings. The minimum Gasteiger partial charge on any atom is -0.493 e. The summed E-state index contributed by atoms with van der Waals surface area (Å²) in [7, 11) is 0. The van der Waals surface area contributed by atoms with Crippen molar-refractivity contribution >= 4 is 56.0 Å². The minimum absolute atomic E-state index is 0.304. The first-order valence-electron chi connectivity index (χ1n) is 9.66. The number of fused-ring (bicyclic) bond motifs is 1. The molecule has 0 aromatic heterocycles. The molecule has 158 valence electrons. The second-order valence-corrected chi connectivity index (χ2v) is 9.00. The average molecular weight is 592 g/mol. The second-order valence-electron chi connectivity index (χ2n) is 6.84. The van der Waals surface area contributed by atoms with E-state index in [1.165, 1.54) is 5.01 Å². The van der Waals surface area contributed by atoms with Crippen molar-refractivity contribution in [2.75, 3.05) is 11.9 Å². The van der Waals surface area contributed by atoms with E-state index in [0.717, 1.165) is 13.6 Å². The maximum atomic E-state index is 13.4. The van der Waals surface area contributed by atoms with Gasteiger partial charge in [0, 0.05) is 13.7 Å². The van der Waals surface area contributed by atoms with Gasteiger partial charge >= 0.3 is 0 Å². The Morgan fingerprint density at radius 3 is 2.74 bits per heavy atom. The third-order valence-corrected chi connectivity index (χ3v) is 5.96. The molecule has 8 heteroatoms. The Hall–Kier alpha value is -2.59. The molecule has 0 saturated heterocycles. The van der Waals surface area contributed by atoms with E-state index in [2.05, 4.69) is 49.3 Å². The van der Waals surface area contributed by atoms with Gasteiger partial charge in [0.05, 0.1) is 17.7 Å². The van der Waals surface area contributed by atoms with Gasteiger partial charge in [-0.05, 0) is 77.5 Å². The fourth-order valence-electron chi connectivity index (χ4n) is 3.41. The molecule has 1 heterocycles. The molecule has 0 bridgehead atoms. The van der Waals surface area contributed by atoms with Gasteiger partial charge in [0.1, 0.15) is 11.9 Å². The van der Waals surface area contributed by atoms with Gasteiger partial charge in [-0.15, -0.1) is 0 Å². The maximum absolute atomic E-state index is 13.4. The Labute approximate surface area is 202 Å². The summed E-state index contributed by atoms with van der Waals surface area (Å²) in [5.74, 6) is -0.261. The van der Waals surface area contributed by atoms with Crippen LogP contribution in [0.5, 0.6) is 5.75 Å². The summed E-state index contributed by atoms with van der Waals surface area (Å²) in [6.07, 6.45) is -0.570. The van der Waals surface area contributed by atoms with Crippen LogP contribution in [0.2, 0.25) is 0 Å². The highest BCUT2D eigenvalue weighted by atomic mass is 127. The number of halogens is 2. The number of hydrogen-bond donors (Lipinski definition) is 2. The van der Waals surface area contributed by atoms with E-state index < -0.39 is 12.1 Å². The molecule has 1 aliphatic heterocycles. The number of carbonyl (C=O) groups is 2. The number of rotatable bonds is 5. The molecule has 0 unspecified atom stereocenters. The molecule has 2 amide bonds. The van der Waals surface area contributed by atoms with Crippen LogP contribution in [0.3, 0.4) is 0 Å². The van der Waals surface area contributed by atoms with Gasteiger partial charge in [-0.25, -0.2) is 5.01 Å². The van der Waals surface area contributed by atoms with E-state index in [1.54, 1.807) is 30.3 Å². The number of ether oxygens (including phenoxy) is 1. The van der Waals surface area contributed by atoms with Crippen LogP contribution in [0.15, 0.2) is 71.2 Å². The summed E-state index contributed by atoms with van der Waals surface area (Å²) in [5.41, 5.74) is 5.18. The summed E-state index contributed by atoms with van der Waals surface area (Å²) in [6.45, 7) is 2.29. The van der Waals surface area contributed by atoms with E-state index in [0.29, 0.717) is 29.2 Å². The van der Waals surface area contributed by atoms with Gasteiger partial charge in [-0.2, -0.15) is 0 Å². The molecular weight excluding hydrogens is 573 g/mol. The number of para-hydroxylation sites is 1. The molecule has 0 spiro atoms. The van der Waals surface area contributed by atoms with E-state index in [4.69, 9.17) is 4.74 Å². The van der Waals surface area contributed by atoms with Crippen molar-refractivity contribution in [3.8, 4) is 5.75 Å². The lowest BCUT2D eigenvalue weighted by atomic mass is 10.0. The Bertz CT molecular complexity index is 1150. The normalized spacial score (nSPS) is 15.1. The van der Waals surface area contributed by atoms with E-state index in [1.807, 2.05) is 43.3 Å². The molecule has 31 heavy (non-hydrogen) atoms. The Balaban J connectivity index is 1.73. The zero-order valence-corrected chi connectivity index (χ0v) is 20.3. The van der Waals surface area contributed by atoms with E-state index in [9.17, 15) is 9.59 Å². The smallest absolute Gasteiger partial charge is 0.276 e. The topological polar surface area (TPSA) is 70.7 Å². The molecule has 2 N–H and O–H groups in total. The fraction of sp³-hybridized carbons (Fsp3) is 0.130. The lowest BCUT2D eigenvalue weighted by Crippen LogP contribution is -2.53. The highest BCUT2D eigenvalue weighted by molar-refractivity contribution is 14.1. The van der Waals surface area contributed by atoms with Crippen molar-refractivity contribution in [2.24, 2.45) is 0 Å². The van der Waals surface area contributed by atoms with Crippen LogP contribution >= 0.6 is 38.5 Å². The maximum Gasteiger partial charge on any atom is 0.276 e. The lowest BCUT2D eigenvalue weighted by molar-refractivity contribution is 0.0489. The van der Waals surface area contributed by atoms with Gasteiger partial charge in [-0.1, -0.05) is 40.2 Å². The molecule has 4 rings (SSSR count). The number of nitrogens with zero attached hydrogens (tertiary/aromatic N) is 1. The molecule has 0 saturated carbocycles. The van der Waals surface area contributed by atoms with E-state index >= 15 is 0 Å². The largest absolute Gasteiger partial charge is 0.493 e. The number of carbonyl (C=O) groups excluding carboxylic acids is 2. The lowest BCUT2D eigenvalue weighted by Gasteiger charge is -2.38. The predicted octanol–water partition coefficient (Wildman–Crippen LogP) is 5.36. The fourth-order valence-corrected chi connectivity index (χ4v) is 4.34. The first-order valence-corrected chi connectivity index (χ1v) is 11.5. The van der Waals surface area contributed by atoms with Crippen LogP contribution in [-0.2, 0) is 0 Å². The van der Waals surface area contributed by atoms with Crippen LogP contribution in [0.25, 0.3) is 0 Å². The molecule has 3 aromatic rings. The molecule has 6 nitrogen and oxygen atoms in total. The molecule has 1 aliphatic rings. The zero-order chi connectivity index (χ0) is 22.0. The molecule has 0 radical (unpaired) electrons. The summed E-state index contributed by atoms with van der Waals surface area (Å²) < 4.78 is 7.39. The SMILES string of the molecule is CCOc1ccccc1C(=O)NN1C(=O)c2cc(Br)ccc2N[C@@H]1c1cccc(I)c1. The Morgan fingerprint density at radius 2 is 1.97 bits per heavy atom. The third kappa shape index (κ3) is 4.54. The molecule has 0 aliphatic carbocycles. The van der Waals surface area contributed by atoms with Crippen molar-refractivity contribution in [3.63, 3.8) is 0 Å². The quantitative estimate of drug-likeness (QED) is 0.392. The Morgan fingerprint density at radius 1 is 1.16 bits per heavy atom. The number of amides is 2. The van der Waals surface area contributed by atoms with Crippen molar-refractivity contribution in [2.45, 2.75) is 13.1 Å². The van der Waals surface area contributed by atoms with Crippen LogP contribution < -0.4 is 15.5 Å². The van der Waals surface area contributed by atoms with Gasteiger partial charge < -0.3 is 10.1 Å². The molecule has 3 aromatic carbocycles. The summed E-state index contributed by atoms with van der Waals surface area (Å²) in [5, 5.41) is 4.72. The first-order chi connectivity index (χ1) is 15.0. The second kappa shape index (κ2) is 9.27. The number of benzene rings is 3. The predicted molar refractivity (Wildman–Crippen MR) is 131 cm³/mol. The summed E-state index contributed by atoms with van der Waals surface area (Å²) in [6, 6.07) is 20.2. The number of hydrogen-bond acceptors (Lipinski definition) is 4. The van der Waals surface area contributed by atoms with Crippen LogP contribution in [-0.4, -0.2) is 23.4 Å². The minimum atomic E-state index is -0.570. The number of anilines is 1. The van der Waals surface area contributed by atoms with Crippen molar-refractivity contribution < 1.29 is 14.3 Å². The molecular formula is C23H19BrIN3O3. The van der Waals surface area contributed by atoms with Crippen LogP contribution in [0.4, 0.5) is 5.69 Å². The molecule has 1 atom stereocenters. The highest BCUT2D eigenvalue weighted by Crippen LogP contribution is 2.34. The average Bonchev–Trinajstić information content (AvgIpc) is 2.76. The first kappa shape index (κ1) is 21.6. The highest BCUT2D eigenvalue weighted by Gasteiger charge is 2.35. The standard InChI is InChI=1S/C23H19BrIN3O3/c1-2-31-20-9-4-3-8-17(20)22(29)27-28-21(14-6-5-7-16(25)12-14)26-19-11-10-15(24)13-18(19)23(28)30/h3-13,21,26H,2H2,1H3,(H,27,29)/t21-/m0/s1. The number of hydrazine groups is 1. The monoisotopic (exact) mass is 591 g/mol. The van der Waals surface area contributed by atoms with Crippen molar-refractivity contribution in [1.82, 2.24) is 10.4 Å². The van der Waals surface area contributed by atoms with Crippen molar-refractivity contribution in [1.29, 1.82) is 0 Å². The zero-order valence-electron chi connectivity index (χ0n) is 16.6. The summed E-state index contributed by atoms with van der Waals surface area (Å²) >= 11 is 5.64. The van der Waals surface area contributed by atoms with Crippen LogP contribution in [0, 0.1) is 3.57 Å². The number of nitrogens with one attached hydrogen (secondary N) is 2. The van der Waals surface area contributed by atoms with Crippen LogP contribution in [0.1, 0.15) is 39.4 Å². The van der Waals surface area contributed by atoms with Crippen molar-refractivity contribution in [3.05, 3.63) is 91.5 Å². The Kier molecular flexibility index (Phi) is 6.47.